The molecular formula is C12H21N5S. The van der Waals surface area contributed by atoms with E-state index in [1.165, 1.54) is 32.1 Å². The molecule has 0 amide bonds. The molecule has 0 N–H and O–H groups in total. The first-order chi connectivity index (χ1) is 8.72. The van der Waals surface area contributed by atoms with E-state index in [0.29, 0.717) is 12.5 Å². The second kappa shape index (κ2) is 6.22. The molecule has 5 nitrogen and oxygen atoms in total. The van der Waals surface area contributed by atoms with Crippen molar-refractivity contribution in [2.24, 2.45) is 7.05 Å². The van der Waals surface area contributed by atoms with Gasteiger partial charge in [-0.25, -0.2) is 4.68 Å². The molecule has 1 aliphatic carbocycles. The first-order valence-corrected chi connectivity index (χ1v) is 7.14. The first kappa shape index (κ1) is 13.4. The number of aromatic nitrogens is 4. The highest BCUT2D eigenvalue weighted by molar-refractivity contribution is 7.80. The smallest absolute Gasteiger partial charge is 0.157 e. The molecule has 0 spiro atoms. The van der Waals surface area contributed by atoms with Gasteiger partial charge in [-0.3, -0.25) is 0 Å². The lowest BCUT2D eigenvalue weighted by molar-refractivity contribution is 0.252. The quantitative estimate of drug-likeness (QED) is 0.778. The summed E-state index contributed by atoms with van der Waals surface area (Å²) in [4.78, 5) is 3.34. The van der Waals surface area contributed by atoms with Crippen LogP contribution in [0, 0.1) is 0 Å². The van der Waals surface area contributed by atoms with Crippen LogP contribution in [0.3, 0.4) is 0 Å². The van der Waals surface area contributed by atoms with Crippen molar-refractivity contribution >= 4 is 17.2 Å². The van der Waals surface area contributed by atoms with E-state index in [4.69, 9.17) is 12.2 Å². The Morgan fingerprint density at radius 2 is 2.11 bits per heavy atom. The number of rotatable bonds is 4. The fourth-order valence-corrected chi connectivity index (χ4v) is 3.07. The second-order valence-electron chi connectivity index (χ2n) is 4.87. The number of nitrogens with zero attached hydrogens (tertiary/aromatic N) is 5. The van der Waals surface area contributed by atoms with Crippen LogP contribution < -0.4 is 0 Å². The topological polar surface area (TPSA) is 46.8 Å². The lowest BCUT2D eigenvalue weighted by Crippen LogP contribution is -2.41. The monoisotopic (exact) mass is 267 g/mol. The van der Waals surface area contributed by atoms with Crippen LogP contribution in [0.1, 0.15) is 44.9 Å². The van der Waals surface area contributed by atoms with Gasteiger partial charge in [-0.05, 0) is 30.2 Å². The van der Waals surface area contributed by atoms with Gasteiger partial charge >= 0.3 is 0 Å². The normalized spacial score (nSPS) is 16.8. The Morgan fingerprint density at radius 1 is 1.39 bits per heavy atom. The minimum atomic E-state index is 0.623. The zero-order valence-electron chi connectivity index (χ0n) is 11.2. The minimum Gasteiger partial charge on any atom is -0.363 e. The zero-order valence-corrected chi connectivity index (χ0v) is 12.0. The van der Waals surface area contributed by atoms with E-state index in [2.05, 4.69) is 27.3 Å². The third kappa shape index (κ3) is 3.04. The molecule has 0 unspecified atom stereocenters. The molecule has 0 atom stereocenters. The van der Waals surface area contributed by atoms with Crippen LogP contribution in [0.15, 0.2) is 0 Å². The van der Waals surface area contributed by atoms with Crippen LogP contribution in [-0.4, -0.2) is 42.7 Å². The average molecular weight is 267 g/mol. The molecular weight excluding hydrogens is 246 g/mol. The van der Waals surface area contributed by atoms with Crippen molar-refractivity contribution in [3.8, 4) is 0 Å². The SMILES string of the molecule is CCN(C(=S)Cc1nnnn1C)C1CCCCC1. The number of tetrazole rings is 1. The van der Waals surface area contributed by atoms with Gasteiger partial charge in [0, 0.05) is 19.6 Å². The maximum absolute atomic E-state index is 5.58. The summed E-state index contributed by atoms with van der Waals surface area (Å²) in [6.07, 6.45) is 7.23. The summed E-state index contributed by atoms with van der Waals surface area (Å²) in [7, 11) is 1.86. The van der Waals surface area contributed by atoms with Gasteiger partial charge in [0.05, 0.1) is 11.4 Å². The highest BCUT2D eigenvalue weighted by atomic mass is 32.1. The summed E-state index contributed by atoms with van der Waals surface area (Å²) in [5.74, 6) is 0.842. The zero-order chi connectivity index (χ0) is 13.0. The van der Waals surface area contributed by atoms with Crippen LogP contribution >= 0.6 is 12.2 Å². The highest BCUT2D eigenvalue weighted by Gasteiger charge is 2.22. The van der Waals surface area contributed by atoms with Gasteiger partial charge in [0.15, 0.2) is 5.82 Å². The van der Waals surface area contributed by atoms with Gasteiger partial charge in [0.2, 0.25) is 0 Å². The van der Waals surface area contributed by atoms with E-state index < -0.39 is 0 Å². The standard InChI is InChI=1S/C12H21N5S/c1-3-17(10-7-5-4-6-8-10)12(18)9-11-13-14-15-16(11)2/h10H,3-9H2,1-2H3. The van der Waals surface area contributed by atoms with Crippen molar-refractivity contribution < 1.29 is 0 Å². The Bertz CT molecular complexity index is 397. The fourth-order valence-electron chi connectivity index (χ4n) is 2.67. The molecule has 1 saturated carbocycles. The molecule has 1 heterocycles. The molecule has 2 rings (SSSR count). The summed E-state index contributed by atoms with van der Waals surface area (Å²) >= 11 is 5.58. The second-order valence-corrected chi connectivity index (χ2v) is 5.34. The van der Waals surface area contributed by atoms with Crippen molar-refractivity contribution in [2.45, 2.75) is 51.5 Å². The Balaban J connectivity index is 1.99. The van der Waals surface area contributed by atoms with Crippen molar-refractivity contribution in [2.75, 3.05) is 6.54 Å². The average Bonchev–Trinajstić information content (AvgIpc) is 2.77. The molecule has 100 valence electrons. The predicted octanol–water partition coefficient (Wildman–Crippen LogP) is 1.73. The summed E-state index contributed by atoms with van der Waals surface area (Å²) in [6, 6.07) is 0.623. The maximum atomic E-state index is 5.58. The van der Waals surface area contributed by atoms with Crippen LogP contribution in [0.4, 0.5) is 0 Å². The van der Waals surface area contributed by atoms with Gasteiger partial charge in [-0.15, -0.1) is 5.10 Å². The van der Waals surface area contributed by atoms with E-state index in [9.17, 15) is 0 Å². The lowest BCUT2D eigenvalue weighted by Gasteiger charge is -2.35. The van der Waals surface area contributed by atoms with Gasteiger partial charge in [0.25, 0.3) is 0 Å². The summed E-state index contributed by atoms with van der Waals surface area (Å²) in [6.45, 7) is 3.16. The Labute approximate surface area is 114 Å². The van der Waals surface area contributed by atoms with E-state index in [0.717, 1.165) is 17.4 Å². The van der Waals surface area contributed by atoms with Crippen molar-refractivity contribution in [3.63, 3.8) is 0 Å². The van der Waals surface area contributed by atoms with Gasteiger partial charge < -0.3 is 4.90 Å². The number of aryl methyl sites for hydroxylation is 1. The molecule has 1 aliphatic rings. The molecule has 1 aromatic rings. The van der Waals surface area contributed by atoms with Crippen molar-refractivity contribution in [3.05, 3.63) is 5.82 Å². The maximum Gasteiger partial charge on any atom is 0.157 e. The number of likely N-dealkylation sites (N-methyl/N-ethyl adjacent to an activating group) is 1. The molecule has 6 heteroatoms. The van der Waals surface area contributed by atoms with Crippen LogP contribution in [0.5, 0.6) is 0 Å². The summed E-state index contributed by atoms with van der Waals surface area (Å²) in [5, 5.41) is 11.5. The Hall–Kier alpha value is -1.04. The van der Waals surface area contributed by atoms with Gasteiger partial charge in [0.1, 0.15) is 0 Å². The third-order valence-electron chi connectivity index (χ3n) is 3.69. The lowest BCUT2D eigenvalue weighted by atomic mass is 9.94. The van der Waals surface area contributed by atoms with E-state index in [1.54, 1.807) is 4.68 Å². The summed E-state index contributed by atoms with van der Waals surface area (Å²) < 4.78 is 1.70. The molecule has 1 aromatic heterocycles. The Morgan fingerprint density at radius 3 is 2.67 bits per heavy atom. The largest absolute Gasteiger partial charge is 0.363 e. The third-order valence-corrected chi connectivity index (χ3v) is 4.07. The minimum absolute atomic E-state index is 0.623. The van der Waals surface area contributed by atoms with E-state index in [1.807, 2.05) is 7.05 Å². The van der Waals surface area contributed by atoms with E-state index in [-0.39, 0.29) is 0 Å². The molecule has 18 heavy (non-hydrogen) atoms. The highest BCUT2D eigenvalue weighted by Crippen LogP contribution is 2.23. The molecule has 0 saturated heterocycles. The van der Waals surface area contributed by atoms with Crippen LogP contribution in [0.25, 0.3) is 0 Å². The van der Waals surface area contributed by atoms with Crippen molar-refractivity contribution in [1.29, 1.82) is 0 Å². The van der Waals surface area contributed by atoms with Gasteiger partial charge in [-0.2, -0.15) is 0 Å². The Kier molecular flexibility index (Phi) is 4.63. The molecule has 1 fully saturated rings. The number of hydrogen-bond acceptors (Lipinski definition) is 4. The molecule has 0 radical (unpaired) electrons. The van der Waals surface area contributed by atoms with E-state index >= 15 is 0 Å². The first-order valence-electron chi connectivity index (χ1n) is 6.73. The fraction of sp³-hybridized carbons (Fsp3) is 0.833. The molecule has 0 aliphatic heterocycles. The van der Waals surface area contributed by atoms with Gasteiger partial charge in [-0.1, -0.05) is 31.5 Å². The van der Waals surface area contributed by atoms with Crippen LogP contribution in [-0.2, 0) is 13.5 Å². The molecule has 0 aromatic carbocycles. The van der Waals surface area contributed by atoms with Crippen LogP contribution in [0.2, 0.25) is 0 Å². The van der Waals surface area contributed by atoms with Crippen molar-refractivity contribution in [1.82, 2.24) is 25.1 Å². The predicted molar refractivity (Wildman–Crippen MR) is 74.4 cm³/mol. The number of hydrogen-bond donors (Lipinski definition) is 0. The summed E-state index contributed by atoms with van der Waals surface area (Å²) in [5.41, 5.74) is 0. The molecule has 0 bridgehead atoms. The number of thiocarbonyl (C=S) groups is 1.